The van der Waals surface area contributed by atoms with Crippen LogP contribution in [0.15, 0.2) is 0 Å². The van der Waals surface area contributed by atoms with E-state index in [1.807, 2.05) is 11.8 Å². The largest absolute Gasteiger partial charge is 0.451 e. The SMILES string of the molecule is CC(CC(C)(N)CO)N1CCn2c(nnc2C(F)(F)F)C1. The Morgan fingerprint density at radius 2 is 2.00 bits per heavy atom. The van der Waals surface area contributed by atoms with Crippen molar-refractivity contribution >= 4 is 0 Å². The van der Waals surface area contributed by atoms with Crippen molar-refractivity contribution in [3.8, 4) is 0 Å². The minimum atomic E-state index is -4.48. The van der Waals surface area contributed by atoms with Crippen LogP contribution < -0.4 is 5.73 Å². The van der Waals surface area contributed by atoms with Crippen LogP contribution in [0.1, 0.15) is 31.9 Å². The summed E-state index contributed by atoms with van der Waals surface area (Å²) >= 11 is 0. The van der Waals surface area contributed by atoms with E-state index < -0.39 is 17.5 Å². The second-order valence-electron chi connectivity index (χ2n) is 5.92. The molecule has 21 heavy (non-hydrogen) atoms. The monoisotopic (exact) mass is 307 g/mol. The lowest BCUT2D eigenvalue weighted by Gasteiger charge is -2.36. The van der Waals surface area contributed by atoms with Crippen LogP contribution in [-0.4, -0.2) is 49.5 Å². The molecule has 0 amide bonds. The lowest BCUT2D eigenvalue weighted by molar-refractivity contribution is -0.148. The molecule has 1 aliphatic rings. The van der Waals surface area contributed by atoms with Gasteiger partial charge in [0.25, 0.3) is 0 Å². The summed E-state index contributed by atoms with van der Waals surface area (Å²) in [6.07, 6.45) is -3.93. The van der Waals surface area contributed by atoms with Gasteiger partial charge in [0.15, 0.2) is 0 Å². The summed E-state index contributed by atoms with van der Waals surface area (Å²) in [5.41, 5.74) is 5.21. The van der Waals surface area contributed by atoms with Crippen molar-refractivity contribution in [2.45, 2.75) is 51.1 Å². The molecule has 2 rings (SSSR count). The summed E-state index contributed by atoms with van der Waals surface area (Å²) in [5, 5.41) is 16.1. The number of nitrogens with two attached hydrogens (primary N) is 1. The maximum absolute atomic E-state index is 12.8. The van der Waals surface area contributed by atoms with Crippen molar-refractivity contribution in [2.24, 2.45) is 5.73 Å². The number of nitrogens with zero attached hydrogens (tertiary/aromatic N) is 4. The quantitative estimate of drug-likeness (QED) is 0.851. The molecule has 0 aliphatic carbocycles. The molecule has 9 heteroatoms. The zero-order valence-corrected chi connectivity index (χ0v) is 12.1. The van der Waals surface area contributed by atoms with E-state index in [4.69, 9.17) is 5.73 Å². The Hall–Kier alpha value is -1.19. The summed E-state index contributed by atoms with van der Waals surface area (Å²) in [7, 11) is 0. The maximum Gasteiger partial charge on any atom is 0.451 e. The predicted molar refractivity (Wildman–Crippen MR) is 69.2 cm³/mol. The molecule has 2 heterocycles. The molecule has 0 spiro atoms. The van der Waals surface area contributed by atoms with E-state index in [0.717, 1.165) is 4.57 Å². The molecule has 0 saturated carbocycles. The third-order valence-corrected chi connectivity index (χ3v) is 3.78. The zero-order chi connectivity index (χ0) is 15.8. The molecule has 0 aromatic carbocycles. The van der Waals surface area contributed by atoms with Gasteiger partial charge in [0.1, 0.15) is 5.82 Å². The van der Waals surface area contributed by atoms with Gasteiger partial charge in [0.05, 0.1) is 13.2 Å². The van der Waals surface area contributed by atoms with E-state index >= 15 is 0 Å². The molecular formula is C12H20F3N5O. The summed E-state index contributed by atoms with van der Waals surface area (Å²) < 4.78 is 39.4. The summed E-state index contributed by atoms with van der Waals surface area (Å²) in [5.74, 6) is -0.632. The molecule has 0 radical (unpaired) electrons. The number of hydrogen-bond donors (Lipinski definition) is 2. The van der Waals surface area contributed by atoms with Crippen molar-refractivity contribution < 1.29 is 18.3 Å². The van der Waals surface area contributed by atoms with Gasteiger partial charge >= 0.3 is 6.18 Å². The molecule has 120 valence electrons. The molecule has 1 aromatic rings. The molecule has 0 fully saturated rings. The number of alkyl halides is 3. The second kappa shape index (κ2) is 5.54. The van der Waals surface area contributed by atoms with Crippen LogP contribution in [0.2, 0.25) is 0 Å². The molecule has 6 nitrogen and oxygen atoms in total. The number of fused-ring (bicyclic) bond motifs is 1. The van der Waals surface area contributed by atoms with E-state index in [1.54, 1.807) is 6.92 Å². The summed E-state index contributed by atoms with van der Waals surface area (Å²) in [6, 6.07) is 0.0342. The Bertz CT molecular complexity index is 500. The van der Waals surface area contributed by atoms with E-state index in [0.29, 0.717) is 25.3 Å². The molecule has 0 bridgehead atoms. The van der Waals surface area contributed by atoms with Crippen LogP contribution in [-0.2, 0) is 19.3 Å². The fourth-order valence-corrected chi connectivity index (χ4v) is 2.63. The van der Waals surface area contributed by atoms with Gasteiger partial charge in [-0.25, -0.2) is 0 Å². The van der Waals surface area contributed by atoms with Gasteiger partial charge in [-0.05, 0) is 20.3 Å². The number of rotatable bonds is 4. The highest BCUT2D eigenvalue weighted by molar-refractivity contribution is 5.03. The minimum Gasteiger partial charge on any atom is -0.394 e. The van der Waals surface area contributed by atoms with Gasteiger partial charge in [0, 0.05) is 24.7 Å². The predicted octanol–water partition coefficient (Wildman–Crippen LogP) is 0.601. The summed E-state index contributed by atoms with van der Waals surface area (Å²) in [4.78, 5) is 2.00. The Morgan fingerprint density at radius 3 is 2.57 bits per heavy atom. The van der Waals surface area contributed by atoms with Crippen LogP contribution in [0, 0.1) is 0 Å². The molecule has 1 aliphatic heterocycles. The Balaban J connectivity index is 2.09. The lowest BCUT2D eigenvalue weighted by Crippen LogP contribution is -2.49. The smallest absolute Gasteiger partial charge is 0.394 e. The Kier molecular flexibility index (Phi) is 4.27. The fraction of sp³-hybridized carbons (Fsp3) is 0.833. The van der Waals surface area contributed by atoms with E-state index in [2.05, 4.69) is 10.2 Å². The lowest BCUT2D eigenvalue weighted by atomic mass is 9.95. The highest BCUT2D eigenvalue weighted by atomic mass is 19.4. The first-order valence-corrected chi connectivity index (χ1v) is 6.77. The van der Waals surface area contributed by atoms with Crippen LogP contribution in [0.3, 0.4) is 0 Å². The van der Waals surface area contributed by atoms with Crippen molar-refractivity contribution in [1.29, 1.82) is 0 Å². The standard InChI is InChI=1S/C12H20F3N5O/c1-8(5-11(2,16)7-21)19-3-4-20-9(6-19)17-18-10(20)12(13,14)15/h8,21H,3-7,16H2,1-2H3. The highest BCUT2D eigenvalue weighted by Gasteiger charge is 2.40. The van der Waals surface area contributed by atoms with Crippen LogP contribution in [0.25, 0.3) is 0 Å². The normalized spacial score (nSPS) is 20.9. The molecule has 2 atom stereocenters. The third kappa shape index (κ3) is 3.53. The van der Waals surface area contributed by atoms with Crippen molar-refractivity contribution in [1.82, 2.24) is 19.7 Å². The molecular weight excluding hydrogens is 287 g/mol. The number of aromatic nitrogens is 3. The first-order valence-electron chi connectivity index (χ1n) is 6.77. The Labute approximate surface area is 120 Å². The van der Waals surface area contributed by atoms with Gasteiger partial charge in [-0.15, -0.1) is 10.2 Å². The van der Waals surface area contributed by atoms with Gasteiger partial charge in [-0.3, -0.25) is 4.90 Å². The van der Waals surface area contributed by atoms with Crippen LogP contribution in [0.5, 0.6) is 0 Å². The van der Waals surface area contributed by atoms with Gasteiger partial charge in [-0.2, -0.15) is 13.2 Å². The van der Waals surface area contributed by atoms with Crippen LogP contribution in [0.4, 0.5) is 13.2 Å². The van der Waals surface area contributed by atoms with E-state index in [1.165, 1.54) is 0 Å². The molecule has 2 unspecified atom stereocenters. The number of hydrogen-bond acceptors (Lipinski definition) is 5. The molecule has 1 aromatic heterocycles. The van der Waals surface area contributed by atoms with Crippen molar-refractivity contribution in [2.75, 3.05) is 13.2 Å². The number of aliphatic hydroxyl groups is 1. The zero-order valence-electron chi connectivity index (χ0n) is 12.1. The number of halogens is 3. The maximum atomic E-state index is 12.8. The van der Waals surface area contributed by atoms with Gasteiger partial charge in [0.2, 0.25) is 5.82 Å². The highest BCUT2D eigenvalue weighted by Crippen LogP contribution is 2.30. The van der Waals surface area contributed by atoms with E-state index in [9.17, 15) is 18.3 Å². The first-order chi connectivity index (χ1) is 9.64. The van der Waals surface area contributed by atoms with Gasteiger partial charge < -0.3 is 15.4 Å². The third-order valence-electron chi connectivity index (χ3n) is 3.78. The average Bonchev–Trinajstić information content (AvgIpc) is 2.80. The van der Waals surface area contributed by atoms with Gasteiger partial charge in [-0.1, -0.05) is 0 Å². The molecule has 3 N–H and O–H groups in total. The molecule has 0 saturated heterocycles. The van der Waals surface area contributed by atoms with Crippen molar-refractivity contribution in [3.05, 3.63) is 11.6 Å². The number of aliphatic hydroxyl groups excluding tert-OH is 1. The first kappa shape index (κ1) is 16.2. The van der Waals surface area contributed by atoms with E-state index in [-0.39, 0.29) is 19.2 Å². The second-order valence-corrected chi connectivity index (χ2v) is 5.92. The minimum absolute atomic E-state index is 0.0342. The summed E-state index contributed by atoms with van der Waals surface area (Å²) in [6.45, 7) is 4.51. The van der Waals surface area contributed by atoms with Crippen LogP contribution >= 0.6 is 0 Å². The van der Waals surface area contributed by atoms with Crippen molar-refractivity contribution in [3.63, 3.8) is 0 Å². The average molecular weight is 307 g/mol. The topological polar surface area (TPSA) is 80.2 Å². The fourth-order valence-electron chi connectivity index (χ4n) is 2.63. The Morgan fingerprint density at radius 1 is 1.33 bits per heavy atom.